The van der Waals surface area contributed by atoms with Crippen molar-refractivity contribution < 1.29 is 10.2 Å². The van der Waals surface area contributed by atoms with E-state index in [1.54, 1.807) is 0 Å². The summed E-state index contributed by atoms with van der Waals surface area (Å²) in [5.41, 5.74) is 5.30. The van der Waals surface area contributed by atoms with Gasteiger partial charge in [0.15, 0.2) is 0 Å². The molecule has 0 heterocycles. The lowest BCUT2D eigenvalue weighted by molar-refractivity contribution is 0.419. The Morgan fingerprint density at radius 2 is 0.852 bits per heavy atom. The van der Waals surface area contributed by atoms with E-state index in [1.165, 1.54) is 0 Å². The molecule has 0 bridgehead atoms. The average molecular weight is 369 g/mol. The van der Waals surface area contributed by atoms with E-state index < -0.39 is 5.41 Å². The van der Waals surface area contributed by atoms with Gasteiger partial charge < -0.3 is 10.2 Å². The second-order valence-electron chi connectivity index (χ2n) is 10.5. The van der Waals surface area contributed by atoms with Gasteiger partial charge in [0, 0.05) is 16.5 Å². The molecule has 2 heteroatoms. The molecule has 0 saturated carbocycles. The number of phenolic OH excluding ortho intramolecular Hbond substituents is 2. The van der Waals surface area contributed by atoms with Gasteiger partial charge in [0.25, 0.3) is 0 Å². The lowest BCUT2D eigenvalue weighted by Gasteiger charge is -2.38. The standard InChI is InChI=1S/C25H36O2/c1-15-11-17(23(3,4)5)21(19(26)13-15)25(9,10)22-18(24(6,7)8)12-16(2)14-20(22)27/h11-14,26-27H,1-10H3. The Morgan fingerprint density at radius 1 is 0.556 bits per heavy atom. The van der Waals surface area contributed by atoms with Crippen LogP contribution in [0.5, 0.6) is 11.5 Å². The Balaban J connectivity index is 2.95. The minimum absolute atomic E-state index is 0.127. The first-order chi connectivity index (χ1) is 12.1. The van der Waals surface area contributed by atoms with Gasteiger partial charge >= 0.3 is 0 Å². The molecular weight excluding hydrogens is 332 g/mol. The largest absolute Gasteiger partial charge is 0.508 e. The van der Waals surface area contributed by atoms with Crippen molar-refractivity contribution in [2.45, 2.75) is 85.5 Å². The topological polar surface area (TPSA) is 40.5 Å². The molecule has 27 heavy (non-hydrogen) atoms. The highest BCUT2D eigenvalue weighted by Gasteiger charge is 2.38. The van der Waals surface area contributed by atoms with Crippen molar-refractivity contribution in [3.8, 4) is 11.5 Å². The van der Waals surface area contributed by atoms with Gasteiger partial charge in [0.05, 0.1) is 0 Å². The van der Waals surface area contributed by atoms with Gasteiger partial charge in [0.2, 0.25) is 0 Å². The summed E-state index contributed by atoms with van der Waals surface area (Å²) in [4.78, 5) is 0. The van der Waals surface area contributed by atoms with Gasteiger partial charge in [-0.15, -0.1) is 0 Å². The van der Waals surface area contributed by atoms with Crippen molar-refractivity contribution >= 4 is 0 Å². The number of phenols is 2. The fourth-order valence-electron chi connectivity index (χ4n) is 4.16. The molecule has 2 N–H and O–H groups in total. The second kappa shape index (κ2) is 6.58. The molecule has 0 unspecified atom stereocenters. The summed E-state index contributed by atoms with van der Waals surface area (Å²) in [7, 11) is 0. The number of aryl methyl sites for hydroxylation is 2. The van der Waals surface area contributed by atoms with Crippen LogP contribution >= 0.6 is 0 Å². The maximum Gasteiger partial charge on any atom is 0.120 e. The molecule has 0 aromatic heterocycles. The molecule has 0 amide bonds. The lowest BCUT2D eigenvalue weighted by atomic mass is 9.66. The molecule has 0 radical (unpaired) electrons. The van der Waals surface area contributed by atoms with Crippen LogP contribution in [-0.2, 0) is 16.2 Å². The number of hydrogen-bond acceptors (Lipinski definition) is 2. The first-order valence-electron chi connectivity index (χ1n) is 9.76. The number of rotatable bonds is 2. The van der Waals surface area contributed by atoms with E-state index in [1.807, 2.05) is 26.0 Å². The highest BCUT2D eigenvalue weighted by molar-refractivity contribution is 5.59. The molecule has 2 nitrogen and oxygen atoms in total. The molecule has 0 aliphatic rings. The summed E-state index contributed by atoms with van der Waals surface area (Å²) in [5, 5.41) is 22.0. The predicted molar refractivity (Wildman–Crippen MR) is 115 cm³/mol. The molecule has 0 aliphatic carbocycles. The summed E-state index contributed by atoms with van der Waals surface area (Å²) in [6, 6.07) is 7.99. The van der Waals surface area contributed by atoms with Gasteiger partial charge in [-0.1, -0.05) is 67.5 Å². The molecule has 148 valence electrons. The van der Waals surface area contributed by atoms with Crippen LogP contribution in [0.15, 0.2) is 24.3 Å². The van der Waals surface area contributed by atoms with Crippen molar-refractivity contribution in [2.75, 3.05) is 0 Å². The maximum atomic E-state index is 11.0. The summed E-state index contributed by atoms with van der Waals surface area (Å²) >= 11 is 0. The normalized spacial score (nSPS) is 13.1. The molecular formula is C25H36O2. The van der Waals surface area contributed by atoms with Gasteiger partial charge in [-0.3, -0.25) is 0 Å². The Hall–Kier alpha value is -1.96. The zero-order valence-corrected chi connectivity index (χ0v) is 18.7. The Morgan fingerprint density at radius 3 is 1.11 bits per heavy atom. The van der Waals surface area contributed by atoms with Crippen LogP contribution in [0, 0.1) is 13.8 Å². The first kappa shape index (κ1) is 21.3. The van der Waals surface area contributed by atoms with Gasteiger partial charge in [-0.05, 0) is 59.1 Å². The first-order valence-corrected chi connectivity index (χ1v) is 9.76. The molecule has 0 aliphatic heterocycles. The minimum Gasteiger partial charge on any atom is -0.508 e. The van der Waals surface area contributed by atoms with Gasteiger partial charge in [0.1, 0.15) is 11.5 Å². The second-order valence-corrected chi connectivity index (χ2v) is 10.5. The quantitative estimate of drug-likeness (QED) is 0.624. The molecule has 2 aromatic carbocycles. The molecule has 0 atom stereocenters. The van der Waals surface area contributed by atoms with E-state index in [4.69, 9.17) is 0 Å². The zero-order chi connectivity index (χ0) is 20.9. The van der Waals surface area contributed by atoms with E-state index >= 15 is 0 Å². The lowest BCUT2D eigenvalue weighted by Crippen LogP contribution is -2.29. The number of hydrogen-bond donors (Lipinski definition) is 2. The fraction of sp³-hybridized carbons (Fsp3) is 0.520. The molecule has 2 aromatic rings. The van der Waals surface area contributed by atoms with Crippen molar-refractivity contribution in [3.05, 3.63) is 57.6 Å². The van der Waals surface area contributed by atoms with Crippen LogP contribution in [0.3, 0.4) is 0 Å². The van der Waals surface area contributed by atoms with Gasteiger partial charge in [-0.2, -0.15) is 0 Å². The van der Waals surface area contributed by atoms with Crippen LogP contribution in [-0.4, -0.2) is 10.2 Å². The van der Waals surface area contributed by atoms with Crippen LogP contribution < -0.4 is 0 Å². The van der Waals surface area contributed by atoms with Crippen LogP contribution in [0.2, 0.25) is 0 Å². The third-order valence-electron chi connectivity index (χ3n) is 5.39. The van der Waals surface area contributed by atoms with E-state index in [0.717, 1.165) is 33.4 Å². The van der Waals surface area contributed by atoms with Gasteiger partial charge in [-0.25, -0.2) is 0 Å². The van der Waals surface area contributed by atoms with Crippen molar-refractivity contribution in [3.63, 3.8) is 0 Å². The third kappa shape index (κ3) is 4.00. The summed E-state index contributed by atoms with van der Waals surface area (Å²) in [6.07, 6.45) is 0. The highest BCUT2D eigenvalue weighted by atomic mass is 16.3. The average Bonchev–Trinajstić information content (AvgIpc) is 2.42. The summed E-state index contributed by atoms with van der Waals surface area (Å²) in [6.45, 7) is 21.2. The SMILES string of the molecule is Cc1cc(O)c(C(C)(C)c2c(O)cc(C)cc2C(C)(C)C)c(C(C)(C)C)c1. The third-order valence-corrected chi connectivity index (χ3v) is 5.39. The van der Waals surface area contributed by atoms with E-state index in [2.05, 4.69) is 67.5 Å². The van der Waals surface area contributed by atoms with E-state index in [9.17, 15) is 10.2 Å². The number of benzene rings is 2. The minimum atomic E-state index is -0.555. The van der Waals surface area contributed by atoms with Crippen molar-refractivity contribution in [1.29, 1.82) is 0 Å². The van der Waals surface area contributed by atoms with Crippen LogP contribution in [0.1, 0.15) is 88.8 Å². The fourth-order valence-corrected chi connectivity index (χ4v) is 4.16. The van der Waals surface area contributed by atoms with Crippen molar-refractivity contribution in [2.24, 2.45) is 0 Å². The van der Waals surface area contributed by atoms with Crippen LogP contribution in [0.4, 0.5) is 0 Å². The molecule has 0 saturated heterocycles. The molecule has 2 rings (SSSR count). The molecule has 0 fully saturated rings. The number of aromatic hydroxyl groups is 2. The summed E-state index contributed by atoms with van der Waals surface area (Å²) < 4.78 is 0. The monoisotopic (exact) mass is 368 g/mol. The predicted octanol–water partition coefficient (Wildman–Crippen LogP) is 6.64. The van der Waals surface area contributed by atoms with E-state index in [0.29, 0.717) is 11.5 Å². The van der Waals surface area contributed by atoms with Crippen molar-refractivity contribution in [1.82, 2.24) is 0 Å². The summed E-state index contributed by atoms with van der Waals surface area (Å²) in [5.74, 6) is 0.592. The zero-order valence-electron chi connectivity index (χ0n) is 18.7. The maximum absolute atomic E-state index is 11.0. The Labute approximate surface area is 165 Å². The Kier molecular flexibility index (Phi) is 5.20. The highest BCUT2D eigenvalue weighted by Crippen LogP contribution is 2.49. The Bertz CT molecular complexity index is 788. The van der Waals surface area contributed by atoms with Crippen LogP contribution in [0.25, 0.3) is 0 Å². The van der Waals surface area contributed by atoms with E-state index in [-0.39, 0.29) is 10.8 Å². The smallest absolute Gasteiger partial charge is 0.120 e. The molecule has 0 spiro atoms.